The van der Waals surface area contributed by atoms with E-state index in [1.54, 1.807) is 23.3 Å². The lowest BCUT2D eigenvalue weighted by atomic mass is 10.1. The molecular weight excluding hydrogens is 250 g/mol. The Bertz CT molecular complexity index is 747. The third kappa shape index (κ3) is 2.36. The van der Waals surface area contributed by atoms with Crippen LogP contribution in [0.5, 0.6) is 0 Å². The van der Waals surface area contributed by atoms with E-state index < -0.39 is 0 Å². The minimum atomic E-state index is 0.00908. The molecule has 0 aliphatic heterocycles. The number of carbonyl (C=O) groups excluding carboxylic acids is 1. The van der Waals surface area contributed by atoms with Crippen LogP contribution in [0.3, 0.4) is 0 Å². The Morgan fingerprint density at radius 3 is 2.60 bits per heavy atom. The Kier molecular flexibility index (Phi) is 3.13. The van der Waals surface area contributed by atoms with E-state index in [2.05, 4.69) is 10.1 Å². The highest BCUT2D eigenvalue weighted by molar-refractivity contribution is 5.94. The molecule has 4 heteroatoms. The number of hydrogen-bond donors (Lipinski definition) is 0. The van der Waals surface area contributed by atoms with Crippen molar-refractivity contribution in [3.63, 3.8) is 0 Å². The van der Waals surface area contributed by atoms with Crippen molar-refractivity contribution in [1.29, 1.82) is 0 Å². The van der Waals surface area contributed by atoms with Crippen LogP contribution < -0.4 is 0 Å². The smallest absolute Gasteiger partial charge is 0.161 e. The van der Waals surface area contributed by atoms with E-state index in [4.69, 9.17) is 0 Å². The first kappa shape index (κ1) is 12.3. The molecule has 0 fully saturated rings. The molecule has 0 aliphatic carbocycles. The largest absolute Gasteiger partial charge is 0.294 e. The molecule has 4 nitrogen and oxygen atoms in total. The fraction of sp³-hybridized carbons (Fsp3) is 0.0625. The number of ketones is 1. The molecule has 98 valence electrons. The molecule has 0 unspecified atom stereocenters. The first-order chi connectivity index (χ1) is 9.74. The predicted octanol–water partition coefficient (Wildman–Crippen LogP) is 3.14. The van der Waals surface area contributed by atoms with Gasteiger partial charge in [0.05, 0.1) is 11.9 Å². The SMILES string of the molecule is CC(=O)c1cncc(-c2cnn(-c3ccccc3)c2)c1. The van der Waals surface area contributed by atoms with Crippen LogP contribution in [0.4, 0.5) is 0 Å². The van der Waals surface area contributed by atoms with E-state index in [1.807, 2.05) is 42.6 Å². The molecule has 20 heavy (non-hydrogen) atoms. The maximum atomic E-state index is 11.4. The van der Waals surface area contributed by atoms with Gasteiger partial charge in [-0.25, -0.2) is 4.68 Å². The van der Waals surface area contributed by atoms with Gasteiger partial charge in [0, 0.05) is 35.3 Å². The van der Waals surface area contributed by atoms with Gasteiger partial charge in [0.1, 0.15) is 0 Å². The number of benzene rings is 1. The second-order valence-corrected chi connectivity index (χ2v) is 4.53. The lowest BCUT2D eigenvalue weighted by Crippen LogP contribution is -1.94. The van der Waals surface area contributed by atoms with Gasteiger partial charge in [-0.1, -0.05) is 18.2 Å². The Balaban J connectivity index is 1.98. The molecule has 0 atom stereocenters. The predicted molar refractivity (Wildman–Crippen MR) is 76.8 cm³/mol. The summed E-state index contributed by atoms with van der Waals surface area (Å²) >= 11 is 0. The molecule has 0 bridgehead atoms. The van der Waals surface area contributed by atoms with Crippen molar-refractivity contribution >= 4 is 5.78 Å². The topological polar surface area (TPSA) is 47.8 Å². The van der Waals surface area contributed by atoms with Crippen molar-refractivity contribution in [2.24, 2.45) is 0 Å². The van der Waals surface area contributed by atoms with Gasteiger partial charge in [-0.15, -0.1) is 0 Å². The quantitative estimate of drug-likeness (QED) is 0.682. The third-order valence-electron chi connectivity index (χ3n) is 3.08. The highest BCUT2D eigenvalue weighted by Gasteiger charge is 2.06. The zero-order chi connectivity index (χ0) is 13.9. The molecule has 0 spiro atoms. The van der Waals surface area contributed by atoms with E-state index in [0.717, 1.165) is 16.8 Å². The van der Waals surface area contributed by atoms with Crippen molar-refractivity contribution in [2.75, 3.05) is 0 Å². The molecule has 0 saturated carbocycles. The van der Waals surface area contributed by atoms with Crippen LogP contribution in [-0.4, -0.2) is 20.5 Å². The Labute approximate surface area is 116 Å². The second kappa shape index (κ2) is 5.09. The maximum absolute atomic E-state index is 11.4. The highest BCUT2D eigenvalue weighted by atomic mass is 16.1. The molecule has 3 rings (SSSR count). The van der Waals surface area contributed by atoms with Gasteiger partial charge < -0.3 is 0 Å². The van der Waals surface area contributed by atoms with Crippen molar-refractivity contribution < 1.29 is 4.79 Å². The molecule has 0 radical (unpaired) electrons. The lowest BCUT2D eigenvalue weighted by Gasteiger charge is -2.00. The summed E-state index contributed by atoms with van der Waals surface area (Å²) in [6, 6.07) is 11.7. The molecule has 0 saturated heterocycles. The first-order valence-electron chi connectivity index (χ1n) is 6.30. The number of carbonyl (C=O) groups is 1. The lowest BCUT2D eigenvalue weighted by molar-refractivity contribution is 0.101. The van der Waals surface area contributed by atoms with Gasteiger partial charge in [-0.3, -0.25) is 9.78 Å². The molecule has 0 aliphatic rings. The Morgan fingerprint density at radius 2 is 1.85 bits per heavy atom. The molecule has 0 N–H and O–H groups in total. The van der Waals surface area contributed by atoms with E-state index in [1.165, 1.54) is 6.92 Å². The first-order valence-corrected chi connectivity index (χ1v) is 6.30. The van der Waals surface area contributed by atoms with Gasteiger partial charge in [0.25, 0.3) is 0 Å². The number of para-hydroxylation sites is 1. The van der Waals surface area contributed by atoms with Crippen LogP contribution in [0.15, 0.2) is 61.2 Å². The summed E-state index contributed by atoms with van der Waals surface area (Å²) in [4.78, 5) is 15.5. The summed E-state index contributed by atoms with van der Waals surface area (Å²) in [5, 5.41) is 4.34. The standard InChI is InChI=1S/C16H13N3O/c1-12(20)13-7-14(9-17-8-13)15-10-18-19(11-15)16-5-3-2-4-6-16/h2-11H,1H3. The number of Topliss-reactive ketones (excluding diaryl/α,β-unsaturated/α-hetero) is 1. The van der Waals surface area contributed by atoms with E-state index in [-0.39, 0.29) is 5.78 Å². The van der Waals surface area contributed by atoms with Crippen LogP contribution >= 0.6 is 0 Å². The molecule has 1 aromatic carbocycles. The number of aromatic nitrogens is 3. The van der Waals surface area contributed by atoms with Crippen LogP contribution in [0.1, 0.15) is 17.3 Å². The van der Waals surface area contributed by atoms with Crippen molar-refractivity contribution in [1.82, 2.24) is 14.8 Å². The molecule has 2 heterocycles. The van der Waals surface area contributed by atoms with Gasteiger partial charge in [0.15, 0.2) is 5.78 Å². The summed E-state index contributed by atoms with van der Waals surface area (Å²) in [5.41, 5.74) is 3.42. The monoisotopic (exact) mass is 263 g/mol. The minimum absolute atomic E-state index is 0.00908. The van der Waals surface area contributed by atoms with E-state index in [9.17, 15) is 4.79 Å². The fourth-order valence-corrected chi connectivity index (χ4v) is 1.98. The Morgan fingerprint density at radius 1 is 1.05 bits per heavy atom. The summed E-state index contributed by atoms with van der Waals surface area (Å²) in [6.45, 7) is 1.54. The van der Waals surface area contributed by atoms with Gasteiger partial charge in [0.2, 0.25) is 0 Å². The zero-order valence-electron chi connectivity index (χ0n) is 11.0. The average molecular weight is 263 g/mol. The minimum Gasteiger partial charge on any atom is -0.294 e. The van der Waals surface area contributed by atoms with Crippen LogP contribution in [-0.2, 0) is 0 Å². The van der Waals surface area contributed by atoms with Crippen molar-refractivity contribution in [3.05, 3.63) is 66.7 Å². The molecule has 0 amide bonds. The summed E-state index contributed by atoms with van der Waals surface area (Å²) in [6.07, 6.45) is 7.01. The number of hydrogen-bond acceptors (Lipinski definition) is 3. The average Bonchev–Trinajstić information content (AvgIpc) is 2.98. The van der Waals surface area contributed by atoms with Crippen molar-refractivity contribution in [2.45, 2.75) is 6.92 Å². The van der Waals surface area contributed by atoms with E-state index >= 15 is 0 Å². The molecular formula is C16H13N3O. The molecule has 3 aromatic rings. The normalized spacial score (nSPS) is 10.4. The fourth-order valence-electron chi connectivity index (χ4n) is 1.98. The van der Waals surface area contributed by atoms with Crippen LogP contribution in [0, 0.1) is 0 Å². The van der Waals surface area contributed by atoms with E-state index in [0.29, 0.717) is 5.56 Å². The molecule has 2 aromatic heterocycles. The Hall–Kier alpha value is -2.75. The highest BCUT2D eigenvalue weighted by Crippen LogP contribution is 2.20. The van der Waals surface area contributed by atoms with Gasteiger partial charge >= 0.3 is 0 Å². The van der Waals surface area contributed by atoms with Gasteiger partial charge in [-0.05, 0) is 25.1 Å². The number of pyridine rings is 1. The number of rotatable bonds is 3. The number of nitrogens with zero attached hydrogens (tertiary/aromatic N) is 3. The van der Waals surface area contributed by atoms with Crippen LogP contribution in [0.2, 0.25) is 0 Å². The summed E-state index contributed by atoms with van der Waals surface area (Å²) in [7, 11) is 0. The van der Waals surface area contributed by atoms with Crippen molar-refractivity contribution in [3.8, 4) is 16.8 Å². The maximum Gasteiger partial charge on any atom is 0.161 e. The summed E-state index contributed by atoms with van der Waals surface area (Å²) < 4.78 is 1.80. The van der Waals surface area contributed by atoms with Crippen LogP contribution in [0.25, 0.3) is 16.8 Å². The second-order valence-electron chi connectivity index (χ2n) is 4.53. The zero-order valence-corrected chi connectivity index (χ0v) is 11.0. The van der Waals surface area contributed by atoms with Gasteiger partial charge in [-0.2, -0.15) is 5.10 Å². The third-order valence-corrected chi connectivity index (χ3v) is 3.08. The summed E-state index contributed by atoms with van der Waals surface area (Å²) in [5.74, 6) is 0.00908.